The minimum absolute atomic E-state index is 0.0587. The van der Waals surface area contributed by atoms with Crippen LogP contribution in [0.3, 0.4) is 0 Å². The Bertz CT molecular complexity index is 340. The second-order valence-electron chi connectivity index (χ2n) is 4.37. The molecule has 21 heavy (non-hydrogen) atoms. The van der Waals surface area contributed by atoms with Crippen molar-refractivity contribution in [1.82, 2.24) is 21.3 Å². The number of carbonyl (C=O) groups excluding carboxylic acids is 4. The van der Waals surface area contributed by atoms with Crippen molar-refractivity contribution in [3.05, 3.63) is 0 Å². The third kappa shape index (κ3) is 9.10. The van der Waals surface area contributed by atoms with E-state index in [1.54, 1.807) is 0 Å². The standard InChI is InChI=1S/C8H21N8O4P/c9-5(17)13-1-21(2-14-6(10)18,3-15-7(11)19)4-16-8(12)20/h21H,1-4H2,(H3,9,13,17)(H3,10,14,18)(H3,11,15,19)(H3,12,16,20). The van der Waals surface area contributed by atoms with Crippen molar-refractivity contribution in [1.29, 1.82) is 0 Å². The predicted molar refractivity (Wildman–Crippen MR) is 78.7 cm³/mol. The van der Waals surface area contributed by atoms with Crippen molar-refractivity contribution < 1.29 is 19.2 Å². The van der Waals surface area contributed by atoms with Gasteiger partial charge >= 0.3 is 120 Å². The molecule has 0 spiro atoms. The Balaban J connectivity index is 5.02. The van der Waals surface area contributed by atoms with Gasteiger partial charge < -0.3 is 0 Å². The van der Waals surface area contributed by atoms with Crippen LogP contribution in [0, 0.1) is 0 Å². The summed E-state index contributed by atoms with van der Waals surface area (Å²) in [7, 11) is -2.69. The fourth-order valence-electron chi connectivity index (χ4n) is 1.47. The van der Waals surface area contributed by atoms with Crippen molar-refractivity contribution in [3.8, 4) is 0 Å². The number of hydrogen-bond acceptors (Lipinski definition) is 4. The molecule has 0 bridgehead atoms. The number of hydrogen-bond donors (Lipinski definition) is 8. The molecule has 0 atom stereocenters. The normalized spacial score (nSPS) is 11.0. The first kappa shape index (κ1) is 18.5. The van der Waals surface area contributed by atoms with Gasteiger partial charge in [-0.2, -0.15) is 0 Å². The molecule has 0 saturated carbocycles. The molecule has 0 aromatic carbocycles. The summed E-state index contributed by atoms with van der Waals surface area (Å²) in [5.74, 6) is 0. The maximum atomic E-state index is 10.9. The van der Waals surface area contributed by atoms with E-state index in [4.69, 9.17) is 22.9 Å². The van der Waals surface area contributed by atoms with Gasteiger partial charge in [-0.3, -0.25) is 0 Å². The Kier molecular flexibility index (Phi) is 7.61. The second kappa shape index (κ2) is 8.64. The average Bonchev–Trinajstić information content (AvgIpc) is 2.36. The molecule has 0 aromatic rings. The van der Waals surface area contributed by atoms with Crippen molar-refractivity contribution in [2.45, 2.75) is 0 Å². The molecular weight excluding hydrogens is 303 g/mol. The van der Waals surface area contributed by atoms with Crippen molar-refractivity contribution in [3.63, 3.8) is 0 Å². The van der Waals surface area contributed by atoms with Gasteiger partial charge in [0.15, 0.2) is 0 Å². The van der Waals surface area contributed by atoms with Crippen LogP contribution in [-0.2, 0) is 0 Å². The van der Waals surface area contributed by atoms with Crippen LogP contribution in [0.5, 0.6) is 0 Å². The van der Waals surface area contributed by atoms with Crippen molar-refractivity contribution >= 4 is 31.4 Å². The van der Waals surface area contributed by atoms with E-state index >= 15 is 0 Å². The molecule has 0 aliphatic heterocycles. The first-order valence-electron chi connectivity index (χ1n) is 5.80. The molecule has 0 heterocycles. The van der Waals surface area contributed by atoms with E-state index in [1.807, 2.05) is 0 Å². The molecule has 13 heteroatoms. The fraction of sp³-hybridized carbons (Fsp3) is 0.500. The molecule has 0 fully saturated rings. The average molecular weight is 324 g/mol. The second-order valence-corrected chi connectivity index (χ2v) is 8.79. The number of rotatable bonds is 8. The van der Waals surface area contributed by atoms with Gasteiger partial charge in [-0.25, -0.2) is 0 Å². The molecule has 0 unspecified atom stereocenters. The van der Waals surface area contributed by atoms with Gasteiger partial charge in [0.05, 0.1) is 0 Å². The molecule has 0 radical (unpaired) electrons. The number of carbonyl (C=O) groups is 4. The van der Waals surface area contributed by atoms with Crippen molar-refractivity contribution in [2.24, 2.45) is 22.9 Å². The summed E-state index contributed by atoms with van der Waals surface area (Å²) in [5, 5.41) is 9.53. The van der Waals surface area contributed by atoms with E-state index in [0.717, 1.165) is 0 Å². The van der Waals surface area contributed by atoms with Crippen LogP contribution in [-0.4, -0.2) is 49.3 Å². The van der Waals surface area contributed by atoms with Gasteiger partial charge in [0.2, 0.25) is 0 Å². The summed E-state index contributed by atoms with van der Waals surface area (Å²) in [6.45, 7) is 0. The first-order valence-corrected chi connectivity index (χ1v) is 8.63. The van der Waals surface area contributed by atoms with Gasteiger partial charge in [0.1, 0.15) is 0 Å². The summed E-state index contributed by atoms with van der Waals surface area (Å²) >= 11 is 0. The Morgan fingerprint density at radius 2 is 0.762 bits per heavy atom. The minimum atomic E-state index is -2.69. The molecule has 0 aromatic heterocycles. The summed E-state index contributed by atoms with van der Waals surface area (Å²) < 4.78 is 0. The zero-order chi connectivity index (χ0) is 16.5. The van der Waals surface area contributed by atoms with Crippen LogP contribution in [0.2, 0.25) is 0 Å². The maximum absolute atomic E-state index is 10.9. The van der Waals surface area contributed by atoms with Crippen molar-refractivity contribution in [2.75, 3.05) is 25.1 Å². The molecule has 0 rings (SSSR count). The number of nitrogens with one attached hydrogen (secondary N) is 4. The zero-order valence-electron chi connectivity index (χ0n) is 11.3. The van der Waals surface area contributed by atoms with Gasteiger partial charge in [0, 0.05) is 0 Å². The van der Waals surface area contributed by atoms with Gasteiger partial charge in [-0.1, -0.05) is 0 Å². The number of primary amides is 4. The number of nitrogens with two attached hydrogens (primary N) is 4. The molecule has 0 aliphatic rings. The van der Waals surface area contributed by atoms with Gasteiger partial charge in [-0.05, 0) is 0 Å². The Labute approximate surface area is 121 Å². The molecule has 8 amide bonds. The summed E-state index contributed by atoms with van der Waals surface area (Å²) in [4.78, 5) is 43.4. The molecule has 12 N–H and O–H groups in total. The first-order chi connectivity index (χ1) is 9.67. The summed E-state index contributed by atoms with van der Waals surface area (Å²) in [6, 6.07) is -3.15. The van der Waals surface area contributed by atoms with Crippen LogP contribution in [0.1, 0.15) is 0 Å². The van der Waals surface area contributed by atoms with E-state index < -0.39 is 31.4 Å². The quantitative estimate of drug-likeness (QED) is 0.222. The fourth-order valence-corrected chi connectivity index (χ4v) is 4.42. The molecule has 12 nitrogen and oxygen atoms in total. The Morgan fingerprint density at radius 3 is 0.905 bits per heavy atom. The summed E-state index contributed by atoms with van der Waals surface area (Å²) in [6.07, 6.45) is 0.235. The Morgan fingerprint density at radius 1 is 0.571 bits per heavy atom. The SMILES string of the molecule is NC(=O)NC[PH](CNC(N)=O)(CNC(N)=O)CNC(N)=O. The summed E-state index contributed by atoms with van der Waals surface area (Å²) in [5.41, 5.74) is 20.0. The predicted octanol–water partition coefficient (Wildman–Crippen LogP) is -2.76. The van der Waals surface area contributed by atoms with E-state index in [-0.39, 0.29) is 25.1 Å². The van der Waals surface area contributed by atoms with Crippen LogP contribution < -0.4 is 44.2 Å². The van der Waals surface area contributed by atoms with Gasteiger partial charge in [-0.15, -0.1) is 0 Å². The van der Waals surface area contributed by atoms with E-state index in [1.165, 1.54) is 0 Å². The molecule has 122 valence electrons. The van der Waals surface area contributed by atoms with Crippen LogP contribution >= 0.6 is 7.26 Å². The topological polar surface area (TPSA) is 220 Å². The Hall–Kier alpha value is -2.49. The molecule has 0 saturated heterocycles. The number of amides is 8. The van der Waals surface area contributed by atoms with E-state index in [2.05, 4.69) is 21.3 Å². The zero-order valence-corrected chi connectivity index (χ0v) is 12.3. The molecular formula is C8H21N8O4P. The van der Waals surface area contributed by atoms with Crippen LogP contribution in [0.4, 0.5) is 19.2 Å². The van der Waals surface area contributed by atoms with Crippen LogP contribution in [0.15, 0.2) is 0 Å². The monoisotopic (exact) mass is 324 g/mol. The third-order valence-electron chi connectivity index (χ3n) is 2.55. The third-order valence-corrected chi connectivity index (χ3v) is 6.26. The number of urea groups is 4. The van der Waals surface area contributed by atoms with Crippen LogP contribution in [0.25, 0.3) is 0 Å². The van der Waals surface area contributed by atoms with Gasteiger partial charge in [0.25, 0.3) is 0 Å². The van der Waals surface area contributed by atoms with E-state index in [0.29, 0.717) is 0 Å². The van der Waals surface area contributed by atoms with E-state index in [9.17, 15) is 19.2 Å². The molecule has 0 aliphatic carbocycles.